The third-order valence-corrected chi connectivity index (χ3v) is 9.48. The maximum absolute atomic E-state index is 14.8. The van der Waals surface area contributed by atoms with Gasteiger partial charge in [-0.2, -0.15) is 9.23 Å². The maximum atomic E-state index is 14.8. The number of hydrogen-bond acceptors (Lipinski definition) is 4. The number of hydrogen-bond donors (Lipinski definition) is 1. The molecular formula is C33H20ClFN2O3S2. The van der Waals surface area contributed by atoms with Crippen molar-refractivity contribution in [3.05, 3.63) is 123 Å². The fraction of sp³-hybridized carbons (Fsp3) is 0.0303. The van der Waals surface area contributed by atoms with Crippen LogP contribution in [0, 0.1) is 24.1 Å². The normalized spacial score (nSPS) is 11.9. The Kier molecular flexibility index (Phi) is 7.35. The first-order valence-corrected chi connectivity index (χ1v) is 15.1. The number of rotatable bonds is 6. The number of aromatic nitrogens is 1. The Bertz CT molecular complexity index is 2040. The van der Waals surface area contributed by atoms with Crippen LogP contribution in [0.25, 0.3) is 44.4 Å². The summed E-state index contributed by atoms with van der Waals surface area (Å²) in [6, 6.07) is 27.6. The summed E-state index contributed by atoms with van der Waals surface area (Å²) in [6.45, 7) is 1.85. The van der Waals surface area contributed by atoms with Gasteiger partial charge in [0.05, 0.1) is 11.1 Å². The fourth-order valence-corrected chi connectivity index (χ4v) is 7.24. The molecule has 5 nitrogen and oxygen atoms in total. The molecule has 0 aliphatic rings. The molecule has 0 spiro atoms. The van der Waals surface area contributed by atoms with Gasteiger partial charge < -0.3 is 9.66 Å². The summed E-state index contributed by atoms with van der Waals surface area (Å²) < 4.78 is 30.8. The standard InChI is InChI=1S/C33H20ClFN2O3S2/c1-19-15-22(33(38)39)5-11-26(19)20-3-2-4-21(16-20)32-31(27-13-14-41-30(27)18-36)28-17-24(35)8-12-29(28)37(32)42(40)25-9-6-23(34)7-10-25/h2-17H,1H3,(H,38,39). The lowest BCUT2D eigenvalue weighted by Gasteiger charge is -2.17. The topological polar surface area (TPSA) is 89.1 Å². The summed E-state index contributed by atoms with van der Waals surface area (Å²) in [5, 5.41) is 22.2. The lowest BCUT2D eigenvalue weighted by Crippen LogP contribution is -2.14. The number of fused-ring (bicyclic) bond motifs is 1. The second-order valence-corrected chi connectivity index (χ2v) is 12.3. The average Bonchev–Trinajstić information content (AvgIpc) is 3.59. The van der Waals surface area contributed by atoms with Gasteiger partial charge in [-0.05, 0) is 95.7 Å². The summed E-state index contributed by atoms with van der Waals surface area (Å²) in [6.07, 6.45) is 0. The van der Waals surface area contributed by atoms with Crippen LogP contribution in [0.1, 0.15) is 20.8 Å². The van der Waals surface area contributed by atoms with Crippen molar-refractivity contribution in [1.29, 1.82) is 5.26 Å². The minimum atomic E-state index is -1.77. The van der Waals surface area contributed by atoms with E-state index < -0.39 is 23.1 Å². The quantitative estimate of drug-likeness (QED) is 0.191. The number of nitriles is 1. The Morgan fingerprint density at radius 2 is 1.76 bits per heavy atom. The van der Waals surface area contributed by atoms with Crippen LogP contribution in [0.4, 0.5) is 4.39 Å². The van der Waals surface area contributed by atoms with E-state index in [4.69, 9.17) is 11.6 Å². The number of benzene rings is 4. The van der Waals surface area contributed by atoms with Gasteiger partial charge in [0.15, 0.2) is 4.90 Å². The molecule has 0 saturated heterocycles. The van der Waals surface area contributed by atoms with Crippen LogP contribution >= 0.6 is 22.9 Å². The molecular weight excluding hydrogens is 591 g/mol. The van der Waals surface area contributed by atoms with E-state index >= 15 is 0 Å². The molecule has 2 aromatic heterocycles. The van der Waals surface area contributed by atoms with Crippen LogP contribution in [0.2, 0.25) is 5.02 Å². The van der Waals surface area contributed by atoms with Crippen LogP contribution < -0.4 is 0 Å². The molecule has 1 N–H and O–H groups in total. The number of halogens is 2. The summed E-state index contributed by atoms with van der Waals surface area (Å²) in [5.74, 6) is -1.46. The van der Waals surface area contributed by atoms with E-state index in [-0.39, 0.29) is 5.56 Å². The van der Waals surface area contributed by atoms with Gasteiger partial charge in [-0.3, -0.25) is 0 Å². The minimum Gasteiger partial charge on any atom is -0.587 e. The van der Waals surface area contributed by atoms with Gasteiger partial charge in [-0.1, -0.05) is 35.9 Å². The number of nitrogens with zero attached hydrogens (tertiary/aromatic N) is 2. The second kappa shape index (κ2) is 11.1. The average molecular weight is 611 g/mol. The number of thiophene rings is 1. The Morgan fingerprint density at radius 1 is 1.00 bits per heavy atom. The van der Waals surface area contributed by atoms with Crippen molar-refractivity contribution in [3.8, 4) is 39.6 Å². The molecule has 42 heavy (non-hydrogen) atoms. The molecule has 6 rings (SSSR count). The fourth-order valence-electron chi connectivity index (χ4n) is 5.15. The summed E-state index contributed by atoms with van der Waals surface area (Å²) in [4.78, 5) is 12.4. The highest BCUT2D eigenvalue weighted by Gasteiger charge is 2.30. The minimum absolute atomic E-state index is 0.191. The van der Waals surface area contributed by atoms with E-state index in [0.29, 0.717) is 48.1 Å². The van der Waals surface area contributed by atoms with Crippen molar-refractivity contribution in [2.45, 2.75) is 11.8 Å². The predicted octanol–water partition coefficient (Wildman–Crippen LogP) is 8.95. The second-order valence-electron chi connectivity index (χ2n) is 9.57. The summed E-state index contributed by atoms with van der Waals surface area (Å²) in [7, 11) is 0. The third kappa shape index (κ3) is 4.87. The maximum Gasteiger partial charge on any atom is 0.335 e. The van der Waals surface area contributed by atoms with Crippen LogP contribution in [0.3, 0.4) is 0 Å². The Hall–Kier alpha value is -4.39. The number of carboxylic acids is 1. The molecule has 0 saturated carbocycles. The first kappa shape index (κ1) is 27.8. The summed E-state index contributed by atoms with van der Waals surface area (Å²) in [5.41, 5.74) is 5.63. The van der Waals surface area contributed by atoms with Crippen molar-refractivity contribution in [2.24, 2.45) is 0 Å². The van der Waals surface area contributed by atoms with Gasteiger partial charge in [0.1, 0.15) is 33.8 Å². The Morgan fingerprint density at radius 3 is 2.48 bits per heavy atom. The molecule has 0 aliphatic heterocycles. The van der Waals surface area contributed by atoms with Crippen LogP contribution in [0.15, 0.2) is 101 Å². The van der Waals surface area contributed by atoms with Gasteiger partial charge in [0.25, 0.3) is 0 Å². The smallest absolute Gasteiger partial charge is 0.335 e. The van der Waals surface area contributed by atoms with Crippen molar-refractivity contribution in [3.63, 3.8) is 0 Å². The zero-order valence-electron chi connectivity index (χ0n) is 22.0. The molecule has 6 aromatic rings. The van der Waals surface area contributed by atoms with E-state index in [1.807, 2.05) is 37.3 Å². The predicted molar refractivity (Wildman–Crippen MR) is 166 cm³/mol. The highest BCUT2D eigenvalue weighted by Crippen LogP contribution is 2.46. The first-order chi connectivity index (χ1) is 20.3. The zero-order valence-corrected chi connectivity index (χ0v) is 24.4. The van der Waals surface area contributed by atoms with Crippen molar-refractivity contribution in [1.82, 2.24) is 3.97 Å². The van der Waals surface area contributed by atoms with Crippen LogP contribution in [-0.4, -0.2) is 19.6 Å². The molecule has 206 valence electrons. The van der Waals surface area contributed by atoms with E-state index in [2.05, 4.69) is 6.07 Å². The Labute approximate surface area is 253 Å². The molecule has 0 aliphatic carbocycles. The van der Waals surface area contributed by atoms with E-state index in [9.17, 15) is 24.1 Å². The van der Waals surface area contributed by atoms with Gasteiger partial charge in [-0.15, -0.1) is 11.3 Å². The molecule has 9 heteroatoms. The van der Waals surface area contributed by atoms with Crippen LogP contribution in [-0.2, 0) is 11.4 Å². The lowest BCUT2D eigenvalue weighted by molar-refractivity contribution is 0.0696. The highest BCUT2D eigenvalue weighted by atomic mass is 35.5. The number of carbonyl (C=O) groups is 1. The number of aryl methyl sites for hydroxylation is 1. The van der Waals surface area contributed by atoms with Crippen molar-refractivity contribution < 1.29 is 18.8 Å². The highest BCUT2D eigenvalue weighted by molar-refractivity contribution is 7.90. The molecule has 0 bridgehead atoms. The van der Waals surface area contributed by atoms with Crippen LogP contribution in [0.5, 0.6) is 0 Å². The molecule has 1 atom stereocenters. The molecule has 2 heterocycles. The summed E-state index contributed by atoms with van der Waals surface area (Å²) >= 11 is 5.62. The molecule has 0 radical (unpaired) electrons. The molecule has 1 unspecified atom stereocenters. The van der Waals surface area contributed by atoms with Crippen molar-refractivity contribution in [2.75, 3.05) is 0 Å². The number of aromatic carboxylic acids is 1. The van der Waals surface area contributed by atoms with Gasteiger partial charge in [0, 0.05) is 27.1 Å². The van der Waals surface area contributed by atoms with E-state index in [1.54, 1.807) is 57.9 Å². The van der Waals surface area contributed by atoms with Gasteiger partial charge in [0.2, 0.25) is 0 Å². The van der Waals surface area contributed by atoms with Gasteiger partial charge >= 0.3 is 5.97 Å². The first-order valence-electron chi connectivity index (χ1n) is 12.7. The zero-order chi connectivity index (χ0) is 29.5. The largest absolute Gasteiger partial charge is 0.587 e. The van der Waals surface area contributed by atoms with Crippen molar-refractivity contribution >= 4 is 51.2 Å². The molecule has 4 aromatic carbocycles. The SMILES string of the molecule is Cc1cc(C(=O)O)ccc1-c1cccc(-c2c(-c3ccsc3C#N)c3cc(F)ccc3n2[S+]([O-])c2ccc(Cl)cc2)c1. The Balaban J connectivity index is 1.67. The monoisotopic (exact) mass is 610 g/mol. The number of carboxylic acid groups (broad SMARTS) is 1. The van der Waals surface area contributed by atoms with E-state index in [1.165, 1.54) is 23.5 Å². The van der Waals surface area contributed by atoms with E-state index in [0.717, 1.165) is 16.7 Å². The molecule has 0 fully saturated rings. The third-order valence-electron chi connectivity index (χ3n) is 7.02. The lowest BCUT2D eigenvalue weighted by atomic mass is 9.94. The molecule has 0 amide bonds. The van der Waals surface area contributed by atoms with Gasteiger partial charge in [-0.25, -0.2) is 9.18 Å².